The highest BCUT2D eigenvalue weighted by molar-refractivity contribution is 7.89. The van der Waals surface area contributed by atoms with Crippen molar-refractivity contribution in [2.75, 3.05) is 13.6 Å². The van der Waals surface area contributed by atoms with Gasteiger partial charge in [0.05, 0.1) is 11.4 Å². The van der Waals surface area contributed by atoms with Crippen LogP contribution in [0.3, 0.4) is 0 Å². The first-order valence-electron chi connectivity index (χ1n) is 8.02. The predicted molar refractivity (Wildman–Crippen MR) is 101 cm³/mol. The number of nitrogens with two attached hydrogens (primary N) is 1. The average Bonchev–Trinajstić information content (AvgIpc) is 2.66. The topological polar surface area (TPSA) is 110 Å². The van der Waals surface area contributed by atoms with Gasteiger partial charge >= 0.3 is 0 Å². The molecule has 2 amide bonds. The van der Waals surface area contributed by atoms with Gasteiger partial charge < -0.3 is 10.6 Å². The summed E-state index contributed by atoms with van der Waals surface area (Å²) in [6.07, 6.45) is 5.03. The van der Waals surface area contributed by atoms with Crippen LogP contribution < -0.4 is 10.5 Å². The van der Waals surface area contributed by atoms with Crippen LogP contribution in [0.1, 0.15) is 22.0 Å². The van der Waals surface area contributed by atoms with Gasteiger partial charge in [-0.2, -0.15) is 4.72 Å². The Hall–Kier alpha value is -3.22. The number of carbonyl (C=O) groups excluding carboxylic acids is 2. The van der Waals surface area contributed by atoms with Crippen LogP contribution in [0.25, 0.3) is 0 Å². The lowest BCUT2D eigenvalue weighted by atomic mass is 10.0. The van der Waals surface area contributed by atoms with E-state index in [4.69, 9.17) is 12.2 Å². The van der Waals surface area contributed by atoms with E-state index in [9.17, 15) is 22.4 Å². The Morgan fingerprint density at radius 3 is 2.43 bits per heavy atom. The molecule has 0 saturated heterocycles. The van der Waals surface area contributed by atoms with Crippen molar-refractivity contribution in [1.82, 2.24) is 9.62 Å². The number of benzene rings is 2. The number of hydrogen-bond donors (Lipinski definition) is 2. The highest BCUT2D eigenvalue weighted by atomic mass is 32.2. The quantitative estimate of drug-likeness (QED) is 0.673. The summed E-state index contributed by atoms with van der Waals surface area (Å²) in [5.41, 5.74) is 5.75. The lowest BCUT2D eigenvalue weighted by Crippen LogP contribution is -2.39. The number of primary amides is 1. The van der Waals surface area contributed by atoms with E-state index in [0.717, 1.165) is 11.0 Å². The van der Waals surface area contributed by atoms with E-state index < -0.39 is 33.7 Å². The summed E-state index contributed by atoms with van der Waals surface area (Å²) >= 11 is 0. The van der Waals surface area contributed by atoms with E-state index in [1.165, 1.54) is 49.5 Å². The molecule has 0 fully saturated rings. The van der Waals surface area contributed by atoms with E-state index in [-0.39, 0.29) is 22.6 Å². The van der Waals surface area contributed by atoms with Crippen LogP contribution in [0, 0.1) is 18.2 Å². The lowest BCUT2D eigenvalue weighted by molar-refractivity contribution is -0.122. The normalized spacial score (nSPS) is 12.0. The molecule has 28 heavy (non-hydrogen) atoms. The van der Waals surface area contributed by atoms with Gasteiger partial charge in [-0.15, -0.1) is 6.42 Å². The number of amides is 2. The summed E-state index contributed by atoms with van der Waals surface area (Å²) < 4.78 is 39.7. The van der Waals surface area contributed by atoms with Crippen LogP contribution in [0.2, 0.25) is 0 Å². The molecule has 2 aromatic rings. The van der Waals surface area contributed by atoms with E-state index in [0.29, 0.717) is 0 Å². The first-order chi connectivity index (χ1) is 13.2. The number of nitrogens with one attached hydrogen (secondary N) is 1. The molecule has 0 aliphatic carbocycles. The molecule has 0 aliphatic heterocycles. The zero-order valence-electron chi connectivity index (χ0n) is 14.9. The van der Waals surface area contributed by atoms with Crippen LogP contribution in [-0.2, 0) is 14.8 Å². The monoisotopic (exact) mass is 403 g/mol. The fourth-order valence-corrected chi connectivity index (χ4v) is 3.51. The number of halogens is 1. The number of sulfonamides is 1. The maximum atomic E-state index is 13.5. The first kappa shape index (κ1) is 21.1. The smallest absolute Gasteiger partial charge is 0.254 e. The van der Waals surface area contributed by atoms with E-state index in [1.54, 1.807) is 0 Å². The summed E-state index contributed by atoms with van der Waals surface area (Å²) in [7, 11) is -2.45. The van der Waals surface area contributed by atoms with E-state index in [1.807, 2.05) is 0 Å². The lowest BCUT2D eigenvalue weighted by Gasteiger charge is -2.26. The van der Waals surface area contributed by atoms with E-state index >= 15 is 0 Å². The standard InChI is InChI=1S/C19H18FN3O4S/c1-3-11-22-28(26,27)16-9-7-13(8-10-16)19(25)23(2)17(18(21)24)14-5-4-6-15(20)12-14/h1,4-10,12,17,22H,11H2,2H3,(H2,21,24). The third kappa shape index (κ3) is 4.73. The van der Waals surface area contributed by atoms with Crippen molar-refractivity contribution in [1.29, 1.82) is 0 Å². The molecular weight excluding hydrogens is 385 g/mol. The van der Waals surface area contributed by atoms with Gasteiger partial charge in [0, 0.05) is 12.6 Å². The molecule has 0 heterocycles. The van der Waals surface area contributed by atoms with Gasteiger partial charge in [0.2, 0.25) is 15.9 Å². The molecule has 2 rings (SSSR count). The number of terminal acetylenes is 1. The second-order valence-electron chi connectivity index (χ2n) is 5.83. The fourth-order valence-electron chi connectivity index (χ4n) is 2.57. The van der Waals surface area contributed by atoms with Crippen molar-refractivity contribution in [3.8, 4) is 12.3 Å². The summed E-state index contributed by atoms with van der Waals surface area (Å²) in [5.74, 6) is 0.165. The predicted octanol–water partition coefficient (Wildman–Crippen LogP) is 1.04. The second-order valence-corrected chi connectivity index (χ2v) is 7.60. The van der Waals surface area contributed by atoms with Crippen molar-refractivity contribution in [3.05, 3.63) is 65.5 Å². The van der Waals surface area contributed by atoms with Crippen LogP contribution in [0.4, 0.5) is 4.39 Å². The summed E-state index contributed by atoms with van der Waals surface area (Å²) in [4.78, 5) is 25.6. The Balaban J connectivity index is 2.29. The highest BCUT2D eigenvalue weighted by Crippen LogP contribution is 2.22. The molecule has 0 radical (unpaired) electrons. The van der Waals surface area contributed by atoms with Crippen LogP contribution >= 0.6 is 0 Å². The number of hydrogen-bond acceptors (Lipinski definition) is 4. The maximum absolute atomic E-state index is 13.5. The molecule has 1 atom stereocenters. The van der Waals surface area contributed by atoms with Crippen molar-refractivity contribution >= 4 is 21.8 Å². The summed E-state index contributed by atoms with van der Waals surface area (Å²) in [6, 6.07) is 9.09. The second kappa shape index (κ2) is 8.65. The molecule has 9 heteroatoms. The molecule has 2 aromatic carbocycles. The minimum absolute atomic E-state index is 0.0708. The number of nitrogens with zero attached hydrogens (tertiary/aromatic N) is 1. The Morgan fingerprint density at radius 1 is 1.25 bits per heavy atom. The van der Waals surface area contributed by atoms with Gasteiger partial charge in [0.1, 0.15) is 11.9 Å². The molecule has 0 spiro atoms. The van der Waals surface area contributed by atoms with Gasteiger partial charge in [-0.25, -0.2) is 12.8 Å². The Morgan fingerprint density at radius 2 is 1.89 bits per heavy atom. The average molecular weight is 403 g/mol. The van der Waals surface area contributed by atoms with Gasteiger partial charge in [0.15, 0.2) is 0 Å². The van der Waals surface area contributed by atoms with E-state index in [2.05, 4.69) is 10.6 Å². The van der Waals surface area contributed by atoms with Crippen molar-refractivity contribution < 1.29 is 22.4 Å². The molecule has 146 valence electrons. The van der Waals surface area contributed by atoms with Gasteiger partial charge in [-0.1, -0.05) is 18.1 Å². The molecular formula is C19H18FN3O4S. The molecule has 0 saturated carbocycles. The van der Waals surface area contributed by atoms with Crippen LogP contribution in [0.5, 0.6) is 0 Å². The maximum Gasteiger partial charge on any atom is 0.254 e. The molecule has 7 nitrogen and oxygen atoms in total. The number of rotatable bonds is 7. The summed E-state index contributed by atoms with van der Waals surface area (Å²) in [5, 5.41) is 0. The summed E-state index contributed by atoms with van der Waals surface area (Å²) in [6.45, 7) is -0.167. The Labute approximate surface area is 162 Å². The SMILES string of the molecule is C#CCNS(=O)(=O)c1ccc(C(=O)N(C)C(C(N)=O)c2cccc(F)c2)cc1. The fraction of sp³-hybridized carbons (Fsp3) is 0.158. The molecule has 3 N–H and O–H groups in total. The van der Waals surface area contributed by atoms with Crippen molar-refractivity contribution in [2.45, 2.75) is 10.9 Å². The molecule has 0 aliphatic rings. The van der Waals surface area contributed by atoms with Gasteiger partial charge in [-0.05, 0) is 42.0 Å². The van der Waals surface area contributed by atoms with Crippen LogP contribution in [0.15, 0.2) is 53.4 Å². The van der Waals surface area contributed by atoms with Crippen molar-refractivity contribution in [3.63, 3.8) is 0 Å². The Bertz CT molecular complexity index is 1030. The van der Waals surface area contributed by atoms with Gasteiger partial charge in [0.25, 0.3) is 5.91 Å². The van der Waals surface area contributed by atoms with Crippen molar-refractivity contribution in [2.24, 2.45) is 5.73 Å². The zero-order valence-corrected chi connectivity index (χ0v) is 15.7. The Kier molecular flexibility index (Phi) is 6.51. The van der Waals surface area contributed by atoms with Crippen LogP contribution in [-0.4, -0.2) is 38.7 Å². The minimum atomic E-state index is -3.80. The third-order valence-electron chi connectivity index (χ3n) is 3.92. The van der Waals surface area contributed by atoms with Gasteiger partial charge in [-0.3, -0.25) is 9.59 Å². The third-order valence-corrected chi connectivity index (χ3v) is 5.33. The first-order valence-corrected chi connectivity index (χ1v) is 9.51. The molecule has 1 unspecified atom stereocenters. The number of likely N-dealkylation sites (N-methyl/N-ethyl adjacent to an activating group) is 1. The number of carbonyl (C=O) groups is 2. The molecule has 0 bridgehead atoms. The zero-order chi connectivity index (χ0) is 20.9. The largest absolute Gasteiger partial charge is 0.368 e. The highest BCUT2D eigenvalue weighted by Gasteiger charge is 2.28. The molecule has 0 aromatic heterocycles. The minimum Gasteiger partial charge on any atom is -0.368 e.